The Morgan fingerprint density at radius 1 is 0.333 bits per heavy atom. The van der Waals surface area contributed by atoms with Gasteiger partial charge in [-0.15, -0.1) is 0 Å². The van der Waals surface area contributed by atoms with E-state index in [0.29, 0.717) is 18.8 Å². The van der Waals surface area contributed by atoms with Gasteiger partial charge in [-0.2, -0.15) is 0 Å². The minimum Gasteiger partial charge on any atom is -0.463 e. The first-order valence-corrected chi connectivity index (χ1v) is 30.5. The average Bonchev–Trinajstić information content (AvgIpc) is 3.53. The van der Waals surface area contributed by atoms with Crippen molar-refractivity contribution in [2.24, 2.45) is 5.92 Å². The molecule has 1 heterocycles. The molecule has 2 fully saturated rings. The first kappa shape index (κ1) is 72.3. The van der Waals surface area contributed by atoms with Crippen LogP contribution in [0.4, 0.5) is 0 Å². The van der Waals surface area contributed by atoms with Crippen LogP contribution >= 0.6 is 0 Å². The summed E-state index contributed by atoms with van der Waals surface area (Å²) in [6.07, 6.45) is 10.2. The van der Waals surface area contributed by atoms with E-state index < -0.39 is 128 Å². The topological polar surface area (TPSA) is 255 Å². The van der Waals surface area contributed by atoms with Gasteiger partial charge in [0.15, 0.2) is 55.1 Å². The highest BCUT2D eigenvalue weighted by molar-refractivity contribution is 5.72. The second-order valence-corrected chi connectivity index (χ2v) is 22.1. The van der Waals surface area contributed by atoms with Gasteiger partial charge in [-0.1, -0.05) is 181 Å². The smallest absolute Gasteiger partial charge is 0.306 e. The zero-order valence-corrected chi connectivity index (χ0v) is 50.8. The first-order chi connectivity index (χ1) is 38.7. The van der Waals surface area contributed by atoms with Crippen LogP contribution in [0, 0.1) is 5.92 Å². The Hall–Kier alpha value is -4.85. The van der Waals surface area contributed by atoms with Gasteiger partial charge in [0.25, 0.3) is 0 Å². The molecule has 0 radical (unpaired) electrons. The number of hydrogen-bond acceptors (Lipinski definition) is 20. The van der Waals surface area contributed by atoms with Gasteiger partial charge < -0.3 is 52.1 Å². The lowest BCUT2D eigenvalue weighted by atomic mass is 9.83. The summed E-state index contributed by atoms with van der Waals surface area (Å²) in [5.74, 6) is -7.46. The molecule has 2 aliphatic rings. The van der Waals surface area contributed by atoms with E-state index in [-0.39, 0.29) is 12.8 Å². The monoisotopic (exact) mass is 1150 g/mol. The highest BCUT2D eigenvalue weighted by Crippen LogP contribution is 2.38. The normalized spacial score (nSPS) is 23.7. The molecular formula is C61H102O20. The molecule has 10 unspecified atom stereocenters. The molecule has 1 saturated carbocycles. The van der Waals surface area contributed by atoms with Crippen LogP contribution in [0.25, 0.3) is 0 Å². The minimum atomic E-state index is -1.97. The van der Waals surface area contributed by atoms with Gasteiger partial charge in [0, 0.05) is 61.3 Å². The minimum absolute atomic E-state index is 0.0428. The number of esters is 9. The van der Waals surface area contributed by atoms with Crippen molar-refractivity contribution in [3.8, 4) is 0 Å². The molecule has 0 amide bonds. The lowest BCUT2D eigenvalue weighted by Crippen LogP contribution is -2.70. The maximum atomic E-state index is 13.8. The molecule has 0 aromatic rings. The van der Waals surface area contributed by atoms with Gasteiger partial charge >= 0.3 is 53.7 Å². The second kappa shape index (κ2) is 42.0. The molecule has 1 aliphatic carbocycles. The molecule has 1 aliphatic heterocycles. The van der Waals surface area contributed by atoms with E-state index in [9.17, 15) is 43.2 Å². The van der Waals surface area contributed by atoms with Crippen LogP contribution < -0.4 is 0 Å². The van der Waals surface area contributed by atoms with Crippen molar-refractivity contribution in [1.82, 2.24) is 0 Å². The standard InChI is InChI=1S/C61H102O20/c1-11-13-15-17-19-20-21-22-23-24-25-26-30-35-39-51(70)80-52-49(40-71-50(69)38-34-31-27-29-33-37-41(3)36-32-28-18-16-14-12-2)79-61(60(78-48(10)68)53(52)72-42(4)62)81-59-57(76-46(8)66)55(74-44(6)64)54(73-43(5)63)56(75-45(7)65)58(59)77-47(9)67/h41,49,52-61H,11-40H2,1-10H3. The fourth-order valence-electron chi connectivity index (χ4n) is 10.6. The molecule has 0 bridgehead atoms. The van der Waals surface area contributed by atoms with E-state index in [2.05, 4.69) is 20.8 Å². The number of ether oxygens (including phenoxy) is 11. The quantitative estimate of drug-likeness (QED) is 0.0313. The van der Waals surface area contributed by atoms with Gasteiger partial charge in [-0.3, -0.25) is 43.2 Å². The van der Waals surface area contributed by atoms with Crippen molar-refractivity contribution in [2.45, 2.75) is 323 Å². The fraction of sp³-hybridized carbons (Fsp3) is 0.852. The SMILES string of the molecule is CCCCCCCCCCCCCCCCC(=O)OC1C(COC(=O)CCCCCCCC(C)CCCCCCCC)OC(OC2C(OC(C)=O)C(OC(C)=O)C(OC(C)=O)C(OC(C)=O)C2OC(C)=O)C(OC(C)=O)C1OC(C)=O. The first-order valence-electron chi connectivity index (χ1n) is 30.5. The van der Waals surface area contributed by atoms with Crippen LogP contribution in [0.15, 0.2) is 0 Å². The molecule has 2 rings (SSSR count). The van der Waals surface area contributed by atoms with Gasteiger partial charge in [0.1, 0.15) is 18.8 Å². The molecular weight excluding hydrogens is 1050 g/mol. The van der Waals surface area contributed by atoms with Crippen LogP contribution in [0.1, 0.15) is 255 Å². The fourth-order valence-corrected chi connectivity index (χ4v) is 10.6. The molecule has 0 aromatic carbocycles. The molecule has 81 heavy (non-hydrogen) atoms. The van der Waals surface area contributed by atoms with Crippen LogP contribution in [0.5, 0.6) is 0 Å². The number of hydrogen-bond donors (Lipinski definition) is 0. The summed E-state index contributed by atoms with van der Waals surface area (Å²) in [7, 11) is 0. The highest BCUT2D eigenvalue weighted by Gasteiger charge is 2.62. The van der Waals surface area contributed by atoms with Crippen LogP contribution in [-0.2, 0) is 95.3 Å². The average molecular weight is 1160 g/mol. The molecule has 0 aromatic heterocycles. The van der Waals surface area contributed by atoms with Crippen LogP contribution in [0.3, 0.4) is 0 Å². The number of unbranched alkanes of at least 4 members (excludes halogenated alkanes) is 22. The van der Waals surface area contributed by atoms with Crippen molar-refractivity contribution in [2.75, 3.05) is 6.61 Å². The van der Waals surface area contributed by atoms with Crippen molar-refractivity contribution >= 4 is 53.7 Å². The lowest BCUT2D eigenvalue weighted by molar-refractivity contribution is -0.343. The Kier molecular flexibility index (Phi) is 37.5. The van der Waals surface area contributed by atoms with Crippen molar-refractivity contribution in [3.63, 3.8) is 0 Å². The van der Waals surface area contributed by atoms with E-state index in [4.69, 9.17) is 52.1 Å². The van der Waals surface area contributed by atoms with Crippen molar-refractivity contribution in [3.05, 3.63) is 0 Å². The third-order valence-corrected chi connectivity index (χ3v) is 14.5. The molecule has 466 valence electrons. The summed E-state index contributed by atoms with van der Waals surface area (Å²) >= 11 is 0. The third kappa shape index (κ3) is 30.9. The predicted octanol–water partition coefficient (Wildman–Crippen LogP) is 11.1. The number of rotatable bonds is 42. The van der Waals surface area contributed by atoms with Crippen LogP contribution in [-0.4, -0.2) is 128 Å². The number of carbonyl (C=O) groups is 9. The molecule has 10 atom stereocenters. The Balaban J connectivity index is 2.46. The van der Waals surface area contributed by atoms with Gasteiger partial charge in [-0.25, -0.2) is 0 Å². The maximum absolute atomic E-state index is 13.8. The molecule has 0 spiro atoms. The Morgan fingerprint density at radius 3 is 0.963 bits per heavy atom. The molecule has 0 N–H and O–H groups in total. The third-order valence-electron chi connectivity index (χ3n) is 14.5. The molecule has 1 saturated heterocycles. The van der Waals surface area contributed by atoms with Gasteiger partial charge in [-0.05, 0) is 18.8 Å². The molecule has 20 nitrogen and oxygen atoms in total. The Labute approximate surface area is 482 Å². The van der Waals surface area contributed by atoms with E-state index in [1.165, 1.54) is 96.3 Å². The van der Waals surface area contributed by atoms with Crippen molar-refractivity contribution < 1.29 is 95.3 Å². The summed E-state index contributed by atoms with van der Waals surface area (Å²) in [5, 5.41) is 0. The summed E-state index contributed by atoms with van der Waals surface area (Å²) in [5.41, 5.74) is 0. The van der Waals surface area contributed by atoms with Gasteiger partial charge in [0.2, 0.25) is 0 Å². The van der Waals surface area contributed by atoms with E-state index in [1.807, 2.05) is 0 Å². The zero-order chi connectivity index (χ0) is 60.1. The predicted molar refractivity (Wildman–Crippen MR) is 298 cm³/mol. The summed E-state index contributed by atoms with van der Waals surface area (Å²) in [4.78, 5) is 117. The summed E-state index contributed by atoms with van der Waals surface area (Å²) in [6, 6.07) is 0. The largest absolute Gasteiger partial charge is 0.463 e. The Morgan fingerprint density at radius 2 is 0.617 bits per heavy atom. The Bertz CT molecular complexity index is 1830. The molecule has 20 heteroatoms. The van der Waals surface area contributed by atoms with Gasteiger partial charge in [0.05, 0.1) is 0 Å². The lowest BCUT2D eigenvalue weighted by Gasteiger charge is -2.50. The second-order valence-electron chi connectivity index (χ2n) is 22.1. The summed E-state index contributed by atoms with van der Waals surface area (Å²) < 4.78 is 64.4. The van der Waals surface area contributed by atoms with E-state index in [1.54, 1.807) is 0 Å². The van der Waals surface area contributed by atoms with E-state index in [0.717, 1.165) is 113 Å². The summed E-state index contributed by atoms with van der Waals surface area (Å²) in [6.45, 7) is 13.2. The maximum Gasteiger partial charge on any atom is 0.306 e. The van der Waals surface area contributed by atoms with E-state index >= 15 is 0 Å². The highest BCUT2D eigenvalue weighted by atomic mass is 16.8. The van der Waals surface area contributed by atoms with Crippen LogP contribution in [0.2, 0.25) is 0 Å². The van der Waals surface area contributed by atoms with Crippen molar-refractivity contribution in [1.29, 1.82) is 0 Å². The number of carbonyl (C=O) groups excluding carboxylic acids is 9. The zero-order valence-electron chi connectivity index (χ0n) is 50.8.